The van der Waals surface area contributed by atoms with Gasteiger partial charge in [0.1, 0.15) is 0 Å². The van der Waals surface area contributed by atoms with Gasteiger partial charge in [-0.15, -0.1) is 0 Å². The SMILES string of the molecule is CCCc1ccc(NS(=O)(=O)CC(=O)O)cc1. The van der Waals surface area contributed by atoms with Gasteiger partial charge in [-0.05, 0) is 24.1 Å². The first-order chi connectivity index (χ1) is 7.93. The first kappa shape index (κ1) is 13.5. The number of benzene rings is 1. The number of hydrogen-bond acceptors (Lipinski definition) is 3. The van der Waals surface area contributed by atoms with E-state index in [2.05, 4.69) is 11.6 Å². The number of carbonyl (C=O) groups is 1. The number of carboxylic acid groups (broad SMARTS) is 1. The quantitative estimate of drug-likeness (QED) is 0.808. The fraction of sp³-hybridized carbons (Fsp3) is 0.364. The van der Waals surface area contributed by atoms with Gasteiger partial charge in [-0.2, -0.15) is 0 Å². The summed E-state index contributed by atoms with van der Waals surface area (Å²) in [5.41, 5.74) is 1.50. The van der Waals surface area contributed by atoms with E-state index in [0.29, 0.717) is 5.69 Å². The highest BCUT2D eigenvalue weighted by atomic mass is 32.2. The van der Waals surface area contributed by atoms with Gasteiger partial charge in [0.25, 0.3) is 0 Å². The lowest BCUT2D eigenvalue weighted by Crippen LogP contribution is -2.22. The molecule has 0 unspecified atom stereocenters. The third-order valence-corrected chi connectivity index (χ3v) is 3.25. The van der Waals surface area contributed by atoms with Gasteiger partial charge < -0.3 is 5.11 Å². The Morgan fingerprint density at radius 2 is 1.88 bits per heavy atom. The van der Waals surface area contributed by atoms with Crippen LogP contribution in [-0.4, -0.2) is 25.2 Å². The fourth-order valence-electron chi connectivity index (χ4n) is 1.41. The molecule has 0 atom stereocenters. The van der Waals surface area contributed by atoms with Crippen LogP contribution >= 0.6 is 0 Å². The fourth-order valence-corrected chi connectivity index (χ4v) is 2.30. The van der Waals surface area contributed by atoms with E-state index in [1.165, 1.54) is 0 Å². The summed E-state index contributed by atoms with van der Waals surface area (Å²) < 4.78 is 24.9. The maximum Gasteiger partial charge on any atom is 0.320 e. The van der Waals surface area contributed by atoms with Gasteiger partial charge in [-0.25, -0.2) is 8.42 Å². The molecule has 0 aromatic heterocycles. The predicted octanol–water partition coefficient (Wildman–Crippen LogP) is 1.47. The highest BCUT2D eigenvalue weighted by Crippen LogP contribution is 2.12. The molecular weight excluding hydrogens is 242 g/mol. The van der Waals surface area contributed by atoms with Crippen molar-refractivity contribution in [3.05, 3.63) is 29.8 Å². The number of rotatable bonds is 6. The molecule has 0 fully saturated rings. The van der Waals surface area contributed by atoms with Crippen LogP contribution in [0.2, 0.25) is 0 Å². The van der Waals surface area contributed by atoms with Crippen LogP contribution in [0.15, 0.2) is 24.3 Å². The number of aryl methyl sites for hydroxylation is 1. The molecule has 0 saturated heterocycles. The van der Waals surface area contributed by atoms with Crippen molar-refractivity contribution in [1.29, 1.82) is 0 Å². The molecule has 1 aromatic rings. The van der Waals surface area contributed by atoms with E-state index in [-0.39, 0.29) is 0 Å². The van der Waals surface area contributed by atoms with Crippen LogP contribution in [0, 0.1) is 0 Å². The van der Waals surface area contributed by atoms with E-state index in [4.69, 9.17) is 5.11 Å². The summed E-state index contributed by atoms with van der Waals surface area (Å²) in [4.78, 5) is 10.3. The van der Waals surface area contributed by atoms with Gasteiger partial charge in [0.2, 0.25) is 10.0 Å². The molecule has 0 bridgehead atoms. The third kappa shape index (κ3) is 4.86. The molecule has 0 spiro atoms. The molecule has 0 aliphatic rings. The third-order valence-electron chi connectivity index (χ3n) is 2.08. The topological polar surface area (TPSA) is 83.5 Å². The minimum absolute atomic E-state index is 0.381. The average molecular weight is 257 g/mol. The van der Waals surface area contributed by atoms with Crippen LogP contribution in [0.3, 0.4) is 0 Å². The van der Waals surface area contributed by atoms with E-state index in [1.807, 2.05) is 12.1 Å². The molecule has 5 nitrogen and oxygen atoms in total. The Balaban J connectivity index is 2.72. The molecule has 0 aliphatic heterocycles. The van der Waals surface area contributed by atoms with Crippen molar-refractivity contribution in [2.45, 2.75) is 19.8 Å². The Kier molecular flexibility index (Phi) is 4.51. The van der Waals surface area contributed by atoms with Crippen LogP contribution < -0.4 is 4.72 Å². The van der Waals surface area contributed by atoms with Crippen molar-refractivity contribution in [2.24, 2.45) is 0 Å². The minimum atomic E-state index is -3.81. The lowest BCUT2D eigenvalue weighted by atomic mass is 10.1. The van der Waals surface area contributed by atoms with Crippen molar-refractivity contribution in [3.8, 4) is 0 Å². The summed E-state index contributed by atoms with van der Waals surface area (Å²) in [5, 5.41) is 8.42. The molecule has 2 N–H and O–H groups in total. The molecular formula is C11H15NO4S. The number of sulfonamides is 1. The molecule has 94 valence electrons. The lowest BCUT2D eigenvalue weighted by Gasteiger charge is -2.06. The Hall–Kier alpha value is -1.56. The first-order valence-electron chi connectivity index (χ1n) is 5.24. The molecule has 0 saturated carbocycles. The summed E-state index contributed by atoms with van der Waals surface area (Å²) in [6.07, 6.45) is 1.95. The van der Waals surface area contributed by atoms with Crippen molar-refractivity contribution < 1.29 is 18.3 Å². The maximum atomic E-state index is 11.3. The van der Waals surface area contributed by atoms with Gasteiger partial charge in [0.15, 0.2) is 5.75 Å². The molecule has 1 rings (SSSR count). The zero-order chi connectivity index (χ0) is 12.9. The second-order valence-corrected chi connectivity index (χ2v) is 5.42. The molecule has 6 heteroatoms. The second-order valence-electron chi connectivity index (χ2n) is 3.70. The molecule has 0 aliphatic carbocycles. The van der Waals surface area contributed by atoms with Crippen LogP contribution in [0.4, 0.5) is 5.69 Å². The zero-order valence-corrected chi connectivity index (χ0v) is 10.3. The summed E-state index contributed by atoms with van der Waals surface area (Å²) >= 11 is 0. The Labute approximate surface area is 101 Å². The normalized spacial score (nSPS) is 11.1. The van der Waals surface area contributed by atoms with Crippen molar-refractivity contribution in [3.63, 3.8) is 0 Å². The predicted molar refractivity (Wildman–Crippen MR) is 65.5 cm³/mol. The van der Waals surface area contributed by atoms with Gasteiger partial charge in [0, 0.05) is 5.69 Å². The summed E-state index contributed by atoms with van der Waals surface area (Å²) in [6, 6.07) is 6.90. The van der Waals surface area contributed by atoms with Crippen LogP contribution in [0.25, 0.3) is 0 Å². The standard InChI is InChI=1S/C11H15NO4S/c1-2-3-9-4-6-10(7-5-9)12-17(15,16)8-11(13)14/h4-7,12H,2-3,8H2,1H3,(H,13,14). The summed E-state index contributed by atoms with van der Waals surface area (Å²) in [5.74, 6) is -2.30. The monoisotopic (exact) mass is 257 g/mol. The van der Waals surface area contributed by atoms with E-state index in [1.54, 1.807) is 12.1 Å². The van der Waals surface area contributed by atoms with E-state index < -0.39 is 21.7 Å². The van der Waals surface area contributed by atoms with Crippen molar-refractivity contribution in [2.75, 3.05) is 10.5 Å². The summed E-state index contributed by atoms with van der Waals surface area (Å²) in [7, 11) is -3.81. The van der Waals surface area contributed by atoms with Gasteiger partial charge >= 0.3 is 5.97 Å². The lowest BCUT2D eigenvalue weighted by molar-refractivity contribution is -0.134. The van der Waals surface area contributed by atoms with Crippen molar-refractivity contribution in [1.82, 2.24) is 0 Å². The molecule has 17 heavy (non-hydrogen) atoms. The first-order valence-corrected chi connectivity index (χ1v) is 6.89. The average Bonchev–Trinajstić information content (AvgIpc) is 2.18. The molecule has 0 radical (unpaired) electrons. The number of carboxylic acids is 1. The Morgan fingerprint density at radius 1 is 1.29 bits per heavy atom. The number of aliphatic carboxylic acids is 1. The number of hydrogen-bond donors (Lipinski definition) is 2. The van der Waals surface area contributed by atoms with Crippen LogP contribution in [0.1, 0.15) is 18.9 Å². The highest BCUT2D eigenvalue weighted by Gasteiger charge is 2.15. The molecule has 1 aromatic carbocycles. The van der Waals surface area contributed by atoms with E-state index in [0.717, 1.165) is 18.4 Å². The number of anilines is 1. The van der Waals surface area contributed by atoms with Gasteiger partial charge in [-0.3, -0.25) is 9.52 Å². The molecule has 0 amide bonds. The summed E-state index contributed by atoms with van der Waals surface area (Å²) in [6.45, 7) is 2.06. The van der Waals surface area contributed by atoms with Crippen molar-refractivity contribution >= 4 is 21.7 Å². The van der Waals surface area contributed by atoms with Crippen LogP contribution in [-0.2, 0) is 21.2 Å². The van der Waals surface area contributed by atoms with Gasteiger partial charge in [-0.1, -0.05) is 25.5 Å². The van der Waals surface area contributed by atoms with Gasteiger partial charge in [0.05, 0.1) is 0 Å². The largest absolute Gasteiger partial charge is 0.480 e. The van der Waals surface area contributed by atoms with E-state index >= 15 is 0 Å². The second kappa shape index (κ2) is 5.67. The highest BCUT2D eigenvalue weighted by molar-refractivity contribution is 7.93. The number of nitrogens with one attached hydrogen (secondary N) is 1. The minimum Gasteiger partial charge on any atom is -0.480 e. The maximum absolute atomic E-state index is 11.3. The van der Waals surface area contributed by atoms with Crippen LogP contribution in [0.5, 0.6) is 0 Å². The Morgan fingerprint density at radius 3 is 2.35 bits per heavy atom. The smallest absolute Gasteiger partial charge is 0.320 e. The molecule has 0 heterocycles. The zero-order valence-electron chi connectivity index (χ0n) is 9.51. The van der Waals surface area contributed by atoms with E-state index in [9.17, 15) is 13.2 Å². The Bertz CT molecular complexity index is 479.